The smallest absolute Gasteiger partial charge is 0.335 e. The lowest BCUT2D eigenvalue weighted by atomic mass is 9.96. The molecule has 0 fully saturated rings. The Balaban J connectivity index is 2.13. The average molecular weight is 457 g/mol. The molecule has 0 saturated carbocycles. The molecule has 2 aromatic carbocycles. The fourth-order valence-corrected chi connectivity index (χ4v) is 3.02. The minimum Gasteiger partial charge on any atom is -0.493 e. The zero-order valence-electron chi connectivity index (χ0n) is 18.2. The van der Waals surface area contributed by atoms with E-state index in [0.717, 1.165) is 16.7 Å². The number of amides is 3. The van der Waals surface area contributed by atoms with Crippen LogP contribution in [0.3, 0.4) is 0 Å². The highest BCUT2D eigenvalue weighted by Gasteiger charge is 2.28. The maximum absolute atomic E-state index is 14.1. The van der Waals surface area contributed by atoms with Crippen LogP contribution in [-0.4, -0.2) is 33.3 Å². The number of carbonyl (C=O) groups excluding carboxylic acids is 4. The third-order valence-corrected chi connectivity index (χ3v) is 4.87. The van der Waals surface area contributed by atoms with E-state index >= 15 is 0 Å². The van der Waals surface area contributed by atoms with Crippen LogP contribution in [0.5, 0.6) is 5.88 Å². The van der Waals surface area contributed by atoms with Crippen molar-refractivity contribution in [3.8, 4) is 5.88 Å². The van der Waals surface area contributed by atoms with Gasteiger partial charge in [-0.2, -0.15) is 0 Å². The highest BCUT2D eigenvalue weighted by Crippen LogP contribution is 2.37. The van der Waals surface area contributed by atoms with Crippen molar-refractivity contribution >= 4 is 40.2 Å². The van der Waals surface area contributed by atoms with Gasteiger partial charge >= 0.3 is 6.03 Å². The van der Waals surface area contributed by atoms with Gasteiger partial charge in [-0.1, -0.05) is 20.8 Å². The minimum atomic E-state index is -1.13. The normalized spacial score (nSPS) is 11.3. The summed E-state index contributed by atoms with van der Waals surface area (Å²) >= 11 is 0. The van der Waals surface area contributed by atoms with Gasteiger partial charge in [-0.15, -0.1) is 0 Å². The molecule has 3 rings (SSSR count). The lowest BCUT2D eigenvalue weighted by Gasteiger charge is -2.17. The van der Waals surface area contributed by atoms with E-state index in [0.29, 0.717) is 6.07 Å². The molecule has 0 bridgehead atoms. The van der Waals surface area contributed by atoms with Gasteiger partial charge in [0.1, 0.15) is 17.3 Å². The second-order valence-electron chi connectivity index (χ2n) is 8.41. The number of hydrogen-bond acceptors (Lipinski definition) is 5. The Kier molecular flexibility index (Phi) is 6.04. The van der Waals surface area contributed by atoms with Crippen LogP contribution >= 0.6 is 0 Å². The highest BCUT2D eigenvalue weighted by atomic mass is 19.1. The van der Waals surface area contributed by atoms with Gasteiger partial charge < -0.3 is 10.4 Å². The van der Waals surface area contributed by atoms with Crippen LogP contribution in [0, 0.1) is 17.0 Å². The minimum absolute atomic E-state index is 0.0755. The van der Waals surface area contributed by atoms with E-state index in [-0.39, 0.29) is 27.9 Å². The summed E-state index contributed by atoms with van der Waals surface area (Å²) in [5.74, 6) is -4.73. The predicted molar refractivity (Wildman–Crippen MR) is 116 cm³/mol. The van der Waals surface area contributed by atoms with Crippen LogP contribution in [0.1, 0.15) is 48.4 Å². The van der Waals surface area contributed by atoms with Crippen LogP contribution in [-0.2, 0) is 4.79 Å². The Hall–Kier alpha value is -4.08. The molecule has 3 aromatic rings. The molecule has 3 N–H and O–H groups in total. The molecule has 0 spiro atoms. The monoisotopic (exact) mass is 457 g/mol. The maximum Gasteiger partial charge on any atom is 0.335 e. The van der Waals surface area contributed by atoms with Crippen molar-refractivity contribution in [3.63, 3.8) is 0 Å². The van der Waals surface area contributed by atoms with Crippen molar-refractivity contribution in [3.05, 3.63) is 59.2 Å². The van der Waals surface area contributed by atoms with Crippen molar-refractivity contribution in [2.45, 2.75) is 27.7 Å². The number of nitrogens with zero attached hydrogens (tertiary/aromatic N) is 1. The Morgan fingerprint density at radius 3 is 2.24 bits per heavy atom. The van der Waals surface area contributed by atoms with Gasteiger partial charge in [0.15, 0.2) is 5.78 Å². The van der Waals surface area contributed by atoms with E-state index < -0.39 is 46.3 Å². The molecule has 0 unspecified atom stereocenters. The molecule has 0 saturated heterocycles. The van der Waals surface area contributed by atoms with Crippen molar-refractivity contribution in [1.82, 2.24) is 9.88 Å². The maximum atomic E-state index is 14.1. The van der Waals surface area contributed by atoms with Gasteiger partial charge in [0, 0.05) is 22.4 Å². The third kappa shape index (κ3) is 4.59. The second-order valence-corrected chi connectivity index (χ2v) is 8.41. The summed E-state index contributed by atoms with van der Waals surface area (Å²) in [5, 5.41) is 15.3. The Labute approximate surface area is 187 Å². The molecule has 0 aliphatic rings. The van der Waals surface area contributed by atoms with Crippen LogP contribution in [0.2, 0.25) is 0 Å². The van der Waals surface area contributed by atoms with Crippen LogP contribution in [0.4, 0.5) is 19.3 Å². The molecular formula is C23H21F2N3O5. The van der Waals surface area contributed by atoms with Crippen molar-refractivity contribution in [1.29, 1.82) is 0 Å². The van der Waals surface area contributed by atoms with Gasteiger partial charge in [0.2, 0.25) is 11.8 Å². The van der Waals surface area contributed by atoms with Crippen LogP contribution in [0.25, 0.3) is 10.9 Å². The quantitative estimate of drug-likeness (QED) is 0.510. The standard InChI is InChI=1S/C23H21F2N3O5/c1-11(29)12-5-8-17-15(9-12)18(26-19(30)14-7-6-13(24)10-16(14)25)20(31)28(17)22(33)27-21(32)23(2,3)4/h5-10,31H,1-4H3,(H,26,30)(H,27,32,33). The zero-order chi connectivity index (χ0) is 24.7. The number of ketones is 1. The van der Waals surface area contributed by atoms with Gasteiger partial charge in [0.25, 0.3) is 5.91 Å². The number of rotatable bonds is 3. The first-order valence-corrected chi connectivity index (χ1v) is 9.81. The highest BCUT2D eigenvalue weighted by molar-refractivity contribution is 6.14. The van der Waals surface area contributed by atoms with E-state index in [4.69, 9.17) is 0 Å². The molecule has 0 atom stereocenters. The molecule has 1 aromatic heterocycles. The number of benzene rings is 2. The predicted octanol–water partition coefficient (Wildman–Crippen LogP) is 4.21. The number of imide groups is 1. The number of aromatic hydroxyl groups is 1. The van der Waals surface area contributed by atoms with E-state index in [1.807, 2.05) is 0 Å². The first kappa shape index (κ1) is 23.6. The lowest BCUT2D eigenvalue weighted by Crippen LogP contribution is -2.41. The number of nitrogens with one attached hydrogen (secondary N) is 2. The van der Waals surface area contributed by atoms with Gasteiger partial charge in [-0.25, -0.2) is 18.1 Å². The Morgan fingerprint density at radius 2 is 1.67 bits per heavy atom. The summed E-state index contributed by atoms with van der Waals surface area (Å²) in [4.78, 5) is 49.5. The van der Waals surface area contributed by atoms with E-state index in [1.54, 1.807) is 20.8 Å². The molecule has 8 nitrogen and oxygen atoms in total. The molecule has 0 radical (unpaired) electrons. The molecule has 172 valence electrons. The second kappa shape index (κ2) is 8.45. The SMILES string of the molecule is CC(=O)c1ccc2c(c1)c(NC(=O)c1ccc(F)cc1F)c(O)n2C(=O)NC(=O)C(C)(C)C. The zero-order valence-corrected chi connectivity index (χ0v) is 18.2. The molecule has 0 aliphatic heterocycles. The molecule has 10 heteroatoms. The number of fused-ring (bicyclic) bond motifs is 1. The van der Waals surface area contributed by atoms with E-state index in [2.05, 4.69) is 10.6 Å². The molecule has 33 heavy (non-hydrogen) atoms. The summed E-state index contributed by atoms with van der Waals surface area (Å²) in [5.41, 5.74) is -1.42. The van der Waals surface area contributed by atoms with Gasteiger partial charge in [-0.3, -0.25) is 19.7 Å². The topological polar surface area (TPSA) is 118 Å². The van der Waals surface area contributed by atoms with Crippen molar-refractivity contribution < 1.29 is 33.1 Å². The molecule has 3 amide bonds. The van der Waals surface area contributed by atoms with Crippen molar-refractivity contribution in [2.75, 3.05) is 5.32 Å². The molecule has 0 aliphatic carbocycles. The third-order valence-electron chi connectivity index (χ3n) is 4.87. The van der Waals surface area contributed by atoms with E-state index in [9.17, 15) is 33.1 Å². The summed E-state index contributed by atoms with van der Waals surface area (Å²) < 4.78 is 28.0. The Bertz CT molecular complexity index is 1320. The first-order valence-electron chi connectivity index (χ1n) is 9.81. The van der Waals surface area contributed by atoms with Crippen LogP contribution < -0.4 is 10.6 Å². The number of carbonyl (C=O) groups is 4. The van der Waals surface area contributed by atoms with Crippen LogP contribution in [0.15, 0.2) is 36.4 Å². The summed E-state index contributed by atoms with van der Waals surface area (Å²) in [6, 6.07) is 5.44. The number of Topliss-reactive ketones (excluding diaryl/α,β-unsaturated/α-hetero) is 1. The Morgan fingerprint density at radius 1 is 1.00 bits per heavy atom. The number of aromatic nitrogens is 1. The van der Waals surface area contributed by atoms with E-state index in [1.165, 1.54) is 25.1 Å². The van der Waals surface area contributed by atoms with Gasteiger partial charge in [0.05, 0.1) is 11.1 Å². The average Bonchev–Trinajstić information content (AvgIpc) is 2.97. The summed E-state index contributed by atoms with van der Waals surface area (Å²) in [6.07, 6.45) is 0. The van der Waals surface area contributed by atoms with Gasteiger partial charge in [-0.05, 0) is 37.3 Å². The number of anilines is 1. The molecule has 1 heterocycles. The number of halogens is 2. The number of hydrogen-bond donors (Lipinski definition) is 3. The summed E-state index contributed by atoms with van der Waals surface area (Å²) in [7, 11) is 0. The molecular weight excluding hydrogens is 436 g/mol. The largest absolute Gasteiger partial charge is 0.493 e. The fourth-order valence-electron chi connectivity index (χ4n) is 3.02. The lowest BCUT2D eigenvalue weighted by molar-refractivity contribution is -0.127. The van der Waals surface area contributed by atoms with Crippen molar-refractivity contribution in [2.24, 2.45) is 5.41 Å². The first-order chi connectivity index (χ1) is 15.3. The summed E-state index contributed by atoms with van der Waals surface area (Å²) in [6.45, 7) is 6.07. The fraction of sp³-hybridized carbons (Fsp3) is 0.217.